The van der Waals surface area contributed by atoms with E-state index in [1.165, 1.54) is 28.5 Å². The van der Waals surface area contributed by atoms with E-state index >= 15 is 0 Å². The minimum absolute atomic E-state index is 0.0597. The quantitative estimate of drug-likeness (QED) is 0.292. The van der Waals surface area contributed by atoms with Gasteiger partial charge < -0.3 is 4.90 Å². The summed E-state index contributed by atoms with van der Waals surface area (Å²) >= 11 is 1.17. The van der Waals surface area contributed by atoms with Crippen molar-refractivity contribution >= 4 is 28.6 Å². The lowest BCUT2D eigenvalue weighted by Gasteiger charge is -2.21. The largest absolute Gasteiger partial charge is 0.338 e. The van der Waals surface area contributed by atoms with Crippen LogP contribution in [-0.4, -0.2) is 32.7 Å². The Morgan fingerprint density at radius 1 is 1.12 bits per heavy atom. The number of nitriles is 1. The van der Waals surface area contributed by atoms with Gasteiger partial charge in [0.2, 0.25) is 5.91 Å². The molecule has 1 amide bonds. The summed E-state index contributed by atoms with van der Waals surface area (Å²) in [6.45, 7) is 2.62. The maximum atomic E-state index is 13.5. The Morgan fingerprint density at radius 3 is 2.59 bits per heavy atom. The highest BCUT2D eigenvalue weighted by Crippen LogP contribution is 2.22. The number of nitrogens with zero attached hydrogens (tertiary/aromatic N) is 4. The summed E-state index contributed by atoms with van der Waals surface area (Å²) in [5.41, 5.74) is 2.03. The van der Waals surface area contributed by atoms with Crippen molar-refractivity contribution < 1.29 is 9.18 Å². The van der Waals surface area contributed by atoms with E-state index < -0.39 is 0 Å². The number of para-hydroxylation sites is 1. The number of aromatic nitrogens is 2. The molecule has 0 saturated heterocycles. The molecule has 0 atom stereocenters. The highest BCUT2D eigenvalue weighted by molar-refractivity contribution is 7.99. The summed E-state index contributed by atoms with van der Waals surface area (Å²) < 4.78 is 15.0. The molecule has 170 valence electrons. The highest BCUT2D eigenvalue weighted by atomic mass is 32.2. The van der Waals surface area contributed by atoms with Crippen molar-refractivity contribution in [3.63, 3.8) is 0 Å². The third kappa shape index (κ3) is 5.00. The van der Waals surface area contributed by atoms with E-state index in [1.54, 1.807) is 65.6 Å². The predicted octanol–water partition coefficient (Wildman–Crippen LogP) is 4.54. The molecule has 4 rings (SSSR count). The van der Waals surface area contributed by atoms with Crippen LogP contribution in [0.15, 0.2) is 82.7 Å². The Balaban J connectivity index is 1.64. The molecule has 0 aliphatic heterocycles. The zero-order valence-corrected chi connectivity index (χ0v) is 19.3. The first-order valence-corrected chi connectivity index (χ1v) is 11.7. The fourth-order valence-corrected chi connectivity index (χ4v) is 4.49. The van der Waals surface area contributed by atoms with Gasteiger partial charge in [0.25, 0.3) is 5.56 Å². The van der Waals surface area contributed by atoms with Gasteiger partial charge in [0.1, 0.15) is 5.82 Å². The van der Waals surface area contributed by atoms with Gasteiger partial charge in [0.05, 0.1) is 34.0 Å². The minimum Gasteiger partial charge on any atom is -0.338 e. The summed E-state index contributed by atoms with van der Waals surface area (Å²) in [6, 6.07) is 21.9. The van der Waals surface area contributed by atoms with Crippen molar-refractivity contribution in [1.29, 1.82) is 5.26 Å². The Kier molecular flexibility index (Phi) is 7.04. The van der Waals surface area contributed by atoms with E-state index in [1.807, 2.05) is 6.92 Å². The summed E-state index contributed by atoms with van der Waals surface area (Å²) in [6.07, 6.45) is 0. The number of halogens is 1. The Hall–Kier alpha value is -3.96. The number of amides is 1. The Labute approximate surface area is 200 Å². The van der Waals surface area contributed by atoms with Crippen molar-refractivity contribution in [2.24, 2.45) is 0 Å². The molecule has 3 aromatic carbocycles. The molecular formula is C26H21FN4O2S. The third-order valence-corrected chi connectivity index (χ3v) is 6.24. The number of carbonyl (C=O) groups excluding carboxylic acids is 1. The van der Waals surface area contributed by atoms with E-state index in [-0.39, 0.29) is 23.0 Å². The molecule has 0 saturated carbocycles. The highest BCUT2D eigenvalue weighted by Gasteiger charge is 2.18. The first-order valence-electron chi connectivity index (χ1n) is 10.7. The van der Waals surface area contributed by atoms with Crippen LogP contribution in [0, 0.1) is 17.1 Å². The molecule has 6 nitrogen and oxygen atoms in total. The standard InChI is InChI=1S/C26H21FN4O2S/c1-2-30(16-19-6-5-7-20(27)14-19)24(32)17-34-26-29-23-9-4-3-8-22(23)25(33)31(26)21-12-10-18(15-28)11-13-21/h3-14H,2,16-17H2,1H3. The van der Waals surface area contributed by atoms with Crippen LogP contribution in [0.1, 0.15) is 18.1 Å². The van der Waals surface area contributed by atoms with Crippen molar-refractivity contribution in [3.05, 3.63) is 100 Å². The monoisotopic (exact) mass is 472 g/mol. The number of hydrogen-bond donors (Lipinski definition) is 0. The van der Waals surface area contributed by atoms with Gasteiger partial charge in [-0.2, -0.15) is 5.26 Å². The maximum absolute atomic E-state index is 13.5. The molecular weight excluding hydrogens is 451 g/mol. The van der Waals surface area contributed by atoms with Crippen LogP contribution in [0.2, 0.25) is 0 Å². The molecule has 0 aliphatic rings. The van der Waals surface area contributed by atoms with Gasteiger partial charge in [-0.05, 0) is 61.0 Å². The van der Waals surface area contributed by atoms with Gasteiger partial charge in [-0.3, -0.25) is 14.2 Å². The van der Waals surface area contributed by atoms with E-state index in [0.29, 0.717) is 46.0 Å². The lowest BCUT2D eigenvalue weighted by molar-refractivity contribution is -0.128. The average molecular weight is 473 g/mol. The topological polar surface area (TPSA) is 79.0 Å². The Bertz CT molecular complexity index is 1440. The van der Waals surface area contributed by atoms with Gasteiger partial charge >= 0.3 is 0 Å². The summed E-state index contributed by atoms with van der Waals surface area (Å²) in [5, 5.41) is 9.93. The molecule has 0 spiro atoms. The molecule has 0 radical (unpaired) electrons. The second-order valence-corrected chi connectivity index (χ2v) is 8.48. The number of benzene rings is 3. The molecule has 0 unspecified atom stereocenters. The second kappa shape index (κ2) is 10.3. The maximum Gasteiger partial charge on any atom is 0.266 e. The lowest BCUT2D eigenvalue weighted by atomic mass is 10.2. The van der Waals surface area contributed by atoms with Gasteiger partial charge in [-0.1, -0.05) is 36.0 Å². The van der Waals surface area contributed by atoms with Crippen molar-refractivity contribution in [1.82, 2.24) is 14.5 Å². The molecule has 1 heterocycles. The van der Waals surface area contributed by atoms with Crippen LogP contribution in [0.3, 0.4) is 0 Å². The van der Waals surface area contributed by atoms with E-state index in [2.05, 4.69) is 11.1 Å². The van der Waals surface area contributed by atoms with Crippen LogP contribution >= 0.6 is 11.8 Å². The molecule has 0 fully saturated rings. The van der Waals surface area contributed by atoms with Crippen molar-refractivity contribution in [3.8, 4) is 11.8 Å². The molecule has 8 heteroatoms. The number of carbonyl (C=O) groups is 1. The third-order valence-electron chi connectivity index (χ3n) is 5.32. The molecule has 0 N–H and O–H groups in total. The first kappa shape index (κ1) is 23.2. The number of fused-ring (bicyclic) bond motifs is 1. The fraction of sp³-hybridized carbons (Fsp3) is 0.154. The lowest BCUT2D eigenvalue weighted by Crippen LogP contribution is -2.32. The minimum atomic E-state index is -0.345. The molecule has 0 aliphatic carbocycles. The predicted molar refractivity (Wildman–Crippen MR) is 130 cm³/mol. The Morgan fingerprint density at radius 2 is 1.88 bits per heavy atom. The molecule has 1 aromatic heterocycles. The number of rotatable bonds is 7. The smallest absolute Gasteiger partial charge is 0.266 e. The molecule has 34 heavy (non-hydrogen) atoms. The van der Waals surface area contributed by atoms with Crippen molar-refractivity contribution in [2.45, 2.75) is 18.6 Å². The number of hydrogen-bond acceptors (Lipinski definition) is 5. The van der Waals surface area contributed by atoms with Crippen LogP contribution in [0.25, 0.3) is 16.6 Å². The molecule has 4 aromatic rings. The van der Waals surface area contributed by atoms with Crippen LogP contribution in [-0.2, 0) is 11.3 Å². The SMILES string of the molecule is CCN(Cc1cccc(F)c1)C(=O)CSc1nc2ccccc2c(=O)n1-c1ccc(C#N)cc1. The summed E-state index contributed by atoms with van der Waals surface area (Å²) in [7, 11) is 0. The van der Waals surface area contributed by atoms with Gasteiger partial charge in [-0.15, -0.1) is 0 Å². The van der Waals surface area contributed by atoms with Crippen LogP contribution in [0.4, 0.5) is 4.39 Å². The van der Waals surface area contributed by atoms with Crippen molar-refractivity contribution in [2.75, 3.05) is 12.3 Å². The van der Waals surface area contributed by atoms with Crippen LogP contribution < -0.4 is 5.56 Å². The van der Waals surface area contributed by atoms with E-state index in [0.717, 1.165) is 0 Å². The summed E-state index contributed by atoms with van der Waals surface area (Å²) in [4.78, 5) is 32.6. The van der Waals surface area contributed by atoms with Gasteiger partial charge in [0, 0.05) is 13.1 Å². The van der Waals surface area contributed by atoms with Gasteiger partial charge in [-0.25, -0.2) is 9.37 Å². The summed E-state index contributed by atoms with van der Waals surface area (Å²) in [5.74, 6) is -0.433. The molecule has 0 bridgehead atoms. The second-order valence-electron chi connectivity index (χ2n) is 7.54. The van der Waals surface area contributed by atoms with Gasteiger partial charge in [0.15, 0.2) is 5.16 Å². The normalized spacial score (nSPS) is 10.7. The number of thioether (sulfide) groups is 1. The fourth-order valence-electron chi connectivity index (χ4n) is 3.57. The van der Waals surface area contributed by atoms with E-state index in [4.69, 9.17) is 5.26 Å². The average Bonchev–Trinajstić information content (AvgIpc) is 2.86. The zero-order chi connectivity index (χ0) is 24.1. The van der Waals surface area contributed by atoms with E-state index in [9.17, 15) is 14.0 Å². The zero-order valence-electron chi connectivity index (χ0n) is 18.4. The van der Waals surface area contributed by atoms with Crippen LogP contribution in [0.5, 0.6) is 0 Å². The first-order chi connectivity index (χ1) is 16.5.